The third-order valence-corrected chi connectivity index (χ3v) is 3.94. The number of likely N-dealkylation sites (tertiary alicyclic amines) is 1. The smallest absolute Gasteiger partial charge is 0.253 e. The van der Waals surface area contributed by atoms with Crippen molar-refractivity contribution in [2.75, 3.05) is 13.6 Å². The number of amides is 2. The molecule has 1 aromatic carbocycles. The Morgan fingerprint density at radius 2 is 2.10 bits per heavy atom. The minimum atomic E-state index is -0.484. The van der Waals surface area contributed by atoms with E-state index in [4.69, 9.17) is 23.2 Å². The van der Waals surface area contributed by atoms with Gasteiger partial charge in [0.25, 0.3) is 5.91 Å². The van der Waals surface area contributed by atoms with Gasteiger partial charge in [-0.25, -0.2) is 0 Å². The molecular weight excluding hydrogens is 299 g/mol. The third kappa shape index (κ3) is 3.44. The summed E-state index contributed by atoms with van der Waals surface area (Å²) in [6.07, 6.45) is 2.52. The Balaban J connectivity index is 2.12. The standard InChI is InChI=1S/C14H16Cl2N2O2/c1-18-7-3-2-4-12(14(18)20)17-13(19)10-6-5-9(15)8-11(10)16/h5-6,8,12H,2-4,7H2,1H3,(H,17,19). The molecule has 1 aromatic rings. The normalized spacial score (nSPS) is 19.6. The number of benzene rings is 1. The molecule has 108 valence electrons. The molecule has 2 rings (SSSR count). The lowest BCUT2D eigenvalue weighted by Crippen LogP contribution is -2.46. The summed E-state index contributed by atoms with van der Waals surface area (Å²) < 4.78 is 0. The number of carbonyl (C=O) groups excluding carboxylic acids is 2. The van der Waals surface area contributed by atoms with Crippen LogP contribution < -0.4 is 5.32 Å². The molecule has 1 heterocycles. The van der Waals surface area contributed by atoms with Crippen molar-refractivity contribution in [1.82, 2.24) is 10.2 Å². The van der Waals surface area contributed by atoms with E-state index < -0.39 is 6.04 Å². The summed E-state index contributed by atoms with van der Waals surface area (Å²) in [6.45, 7) is 0.729. The van der Waals surface area contributed by atoms with E-state index >= 15 is 0 Å². The Morgan fingerprint density at radius 3 is 2.80 bits per heavy atom. The van der Waals surface area contributed by atoms with Crippen molar-refractivity contribution in [3.63, 3.8) is 0 Å². The Labute approximate surface area is 128 Å². The van der Waals surface area contributed by atoms with Crippen LogP contribution in [-0.4, -0.2) is 36.3 Å². The lowest BCUT2D eigenvalue weighted by molar-refractivity contribution is -0.131. The molecule has 0 aromatic heterocycles. The zero-order valence-corrected chi connectivity index (χ0v) is 12.7. The van der Waals surface area contributed by atoms with Crippen molar-refractivity contribution in [3.05, 3.63) is 33.8 Å². The fourth-order valence-electron chi connectivity index (χ4n) is 2.24. The Kier molecular flexibility index (Phi) is 4.89. The van der Waals surface area contributed by atoms with Gasteiger partial charge in [-0.05, 0) is 37.5 Å². The first kappa shape index (κ1) is 15.1. The highest BCUT2D eigenvalue weighted by atomic mass is 35.5. The number of hydrogen-bond acceptors (Lipinski definition) is 2. The van der Waals surface area contributed by atoms with Gasteiger partial charge in [0.15, 0.2) is 0 Å². The van der Waals surface area contributed by atoms with Gasteiger partial charge in [0.1, 0.15) is 6.04 Å². The summed E-state index contributed by atoms with van der Waals surface area (Å²) in [4.78, 5) is 26.0. The molecular formula is C14H16Cl2N2O2. The van der Waals surface area contributed by atoms with Crippen LogP contribution in [0.4, 0.5) is 0 Å². The molecule has 1 saturated heterocycles. The molecule has 1 unspecified atom stereocenters. The summed E-state index contributed by atoms with van der Waals surface area (Å²) >= 11 is 11.8. The van der Waals surface area contributed by atoms with Gasteiger partial charge in [0.05, 0.1) is 10.6 Å². The molecule has 4 nitrogen and oxygen atoms in total. The zero-order chi connectivity index (χ0) is 14.7. The molecule has 0 radical (unpaired) electrons. The number of hydrogen-bond donors (Lipinski definition) is 1. The Bertz CT molecular complexity index is 534. The number of nitrogens with one attached hydrogen (secondary N) is 1. The number of likely N-dealkylation sites (N-methyl/N-ethyl adjacent to an activating group) is 1. The summed E-state index contributed by atoms with van der Waals surface area (Å²) in [6, 6.07) is 4.19. The van der Waals surface area contributed by atoms with Crippen molar-refractivity contribution in [3.8, 4) is 0 Å². The van der Waals surface area contributed by atoms with Gasteiger partial charge < -0.3 is 10.2 Å². The van der Waals surface area contributed by atoms with Crippen molar-refractivity contribution in [2.45, 2.75) is 25.3 Å². The number of nitrogens with zero attached hydrogens (tertiary/aromatic N) is 1. The summed E-state index contributed by atoms with van der Waals surface area (Å²) in [5, 5.41) is 3.51. The average molecular weight is 315 g/mol. The number of carbonyl (C=O) groups is 2. The quantitative estimate of drug-likeness (QED) is 0.912. The largest absolute Gasteiger partial charge is 0.344 e. The second-order valence-corrected chi connectivity index (χ2v) is 5.75. The zero-order valence-electron chi connectivity index (χ0n) is 11.2. The van der Waals surface area contributed by atoms with Crippen molar-refractivity contribution in [1.29, 1.82) is 0 Å². The van der Waals surface area contributed by atoms with E-state index in [9.17, 15) is 9.59 Å². The van der Waals surface area contributed by atoms with Crippen LogP contribution in [0.15, 0.2) is 18.2 Å². The average Bonchev–Trinajstić information content (AvgIpc) is 2.54. The third-order valence-electron chi connectivity index (χ3n) is 3.39. The SMILES string of the molecule is CN1CCCCC(NC(=O)c2ccc(Cl)cc2Cl)C1=O. The topological polar surface area (TPSA) is 49.4 Å². The molecule has 1 fully saturated rings. The van der Waals surface area contributed by atoms with Crippen molar-refractivity contribution >= 4 is 35.0 Å². The summed E-state index contributed by atoms with van der Waals surface area (Å²) in [7, 11) is 1.75. The first-order chi connectivity index (χ1) is 9.49. The minimum Gasteiger partial charge on any atom is -0.344 e. The van der Waals surface area contributed by atoms with Crippen molar-refractivity contribution in [2.24, 2.45) is 0 Å². The lowest BCUT2D eigenvalue weighted by Gasteiger charge is -2.21. The van der Waals surface area contributed by atoms with Gasteiger partial charge in [0.2, 0.25) is 5.91 Å². The van der Waals surface area contributed by atoms with Gasteiger partial charge >= 0.3 is 0 Å². The monoisotopic (exact) mass is 314 g/mol. The summed E-state index contributed by atoms with van der Waals surface area (Å²) in [5.41, 5.74) is 0.329. The molecule has 6 heteroatoms. The lowest BCUT2D eigenvalue weighted by atomic mass is 10.1. The molecule has 1 atom stereocenters. The van der Waals surface area contributed by atoms with E-state index in [0.29, 0.717) is 17.0 Å². The van der Waals surface area contributed by atoms with Gasteiger partial charge in [-0.3, -0.25) is 9.59 Å². The fraction of sp³-hybridized carbons (Fsp3) is 0.429. The molecule has 0 bridgehead atoms. The predicted molar refractivity (Wildman–Crippen MR) is 79.2 cm³/mol. The highest BCUT2D eigenvalue weighted by Crippen LogP contribution is 2.21. The van der Waals surface area contributed by atoms with Crippen LogP contribution >= 0.6 is 23.2 Å². The van der Waals surface area contributed by atoms with Crippen LogP contribution in [0.25, 0.3) is 0 Å². The minimum absolute atomic E-state index is 0.0547. The fourth-order valence-corrected chi connectivity index (χ4v) is 2.73. The van der Waals surface area contributed by atoms with Crippen LogP contribution in [0.2, 0.25) is 10.0 Å². The molecule has 0 saturated carbocycles. The molecule has 20 heavy (non-hydrogen) atoms. The van der Waals surface area contributed by atoms with Crippen LogP contribution in [-0.2, 0) is 4.79 Å². The first-order valence-corrected chi connectivity index (χ1v) is 7.25. The predicted octanol–water partition coefficient (Wildman–Crippen LogP) is 2.73. The van der Waals surface area contributed by atoms with Crippen LogP contribution in [0, 0.1) is 0 Å². The van der Waals surface area contributed by atoms with E-state index in [1.165, 1.54) is 6.07 Å². The second kappa shape index (κ2) is 6.46. The highest BCUT2D eigenvalue weighted by Gasteiger charge is 2.26. The van der Waals surface area contributed by atoms with Crippen LogP contribution in [0.5, 0.6) is 0 Å². The number of rotatable bonds is 2. The van der Waals surface area contributed by atoms with E-state index in [0.717, 1.165) is 19.4 Å². The maximum absolute atomic E-state index is 12.2. The number of halogens is 2. The summed E-state index contributed by atoms with van der Waals surface area (Å²) in [5.74, 6) is -0.402. The maximum Gasteiger partial charge on any atom is 0.253 e. The molecule has 1 aliphatic heterocycles. The molecule has 0 spiro atoms. The van der Waals surface area contributed by atoms with Gasteiger partial charge in [0, 0.05) is 18.6 Å². The maximum atomic E-state index is 12.2. The Hall–Kier alpha value is -1.26. The molecule has 2 amide bonds. The van der Waals surface area contributed by atoms with Crippen LogP contribution in [0.3, 0.4) is 0 Å². The second-order valence-electron chi connectivity index (χ2n) is 4.91. The van der Waals surface area contributed by atoms with Crippen LogP contribution in [0.1, 0.15) is 29.6 Å². The molecule has 1 N–H and O–H groups in total. The van der Waals surface area contributed by atoms with E-state index in [2.05, 4.69) is 5.32 Å². The van der Waals surface area contributed by atoms with Gasteiger partial charge in [-0.2, -0.15) is 0 Å². The van der Waals surface area contributed by atoms with E-state index in [1.54, 1.807) is 24.1 Å². The Morgan fingerprint density at radius 1 is 1.35 bits per heavy atom. The highest BCUT2D eigenvalue weighted by molar-refractivity contribution is 6.36. The van der Waals surface area contributed by atoms with Gasteiger partial charge in [-0.15, -0.1) is 0 Å². The van der Waals surface area contributed by atoms with Crippen molar-refractivity contribution < 1.29 is 9.59 Å². The van der Waals surface area contributed by atoms with E-state index in [1.807, 2.05) is 0 Å². The molecule has 0 aliphatic carbocycles. The van der Waals surface area contributed by atoms with E-state index in [-0.39, 0.29) is 16.8 Å². The van der Waals surface area contributed by atoms with Gasteiger partial charge in [-0.1, -0.05) is 23.2 Å². The first-order valence-electron chi connectivity index (χ1n) is 6.50. The molecule has 1 aliphatic rings.